The molecule has 0 aliphatic heterocycles. The third kappa shape index (κ3) is 4.16. The zero-order valence-electron chi connectivity index (χ0n) is 17.4. The lowest BCUT2D eigenvalue weighted by molar-refractivity contribution is 0.0519. The Bertz CT molecular complexity index is 881. The molecule has 0 saturated heterocycles. The smallest absolute Gasteiger partial charge is 0.355 e. The lowest BCUT2D eigenvalue weighted by Crippen LogP contribution is -2.43. The maximum absolute atomic E-state index is 13.2. The number of carbonyl (C=O) groups excluding carboxylic acids is 3. The third-order valence-corrected chi connectivity index (χ3v) is 4.91. The molecule has 0 bridgehead atoms. The Kier molecular flexibility index (Phi) is 6.78. The fourth-order valence-corrected chi connectivity index (χ4v) is 3.33. The molecule has 150 valence electrons. The van der Waals surface area contributed by atoms with E-state index >= 15 is 0 Å². The lowest BCUT2D eigenvalue weighted by Gasteiger charge is -2.27. The SMILES string of the molecule is CCOC(=O)c1[nH]c(C)c(C(=O)[C@H](C)N(CC)C(=O)c2ccc(C)cc2)c1C. The first-order valence-electron chi connectivity index (χ1n) is 9.50. The van der Waals surface area contributed by atoms with Gasteiger partial charge >= 0.3 is 5.97 Å². The standard InChI is InChI=1S/C22H28N2O4/c1-7-24(21(26)17-11-9-13(3)10-12-17)16(6)20(25)18-14(4)19(23-15(18)5)22(27)28-8-2/h9-12,16,23H,7-8H2,1-6H3/t16-/m0/s1. The summed E-state index contributed by atoms with van der Waals surface area (Å²) >= 11 is 0. The average molecular weight is 384 g/mol. The molecule has 1 amide bonds. The minimum atomic E-state index is -0.665. The van der Waals surface area contributed by atoms with E-state index in [0.29, 0.717) is 28.9 Å². The summed E-state index contributed by atoms with van der Waals surface area (Å²) in [5, 5.41) is 0. The molecule has 1 aromatic carbocycles. The molecule has 0 fully saturated rings. The zero-order chi connectivity index (χ0) is 21.0. The maximum atomic E-state index is 13.2. The van der Waals surface area contributed by atoms with E-state index in [1.54, 1.807) is 44.7 Å². The number of nitrogens with zero attached hydrogens (tertiary/aromatic N) is 1. The number of carbonyl (C=O) groups is 3. The van der Waals surface area contributed by atoms with Crippen molar-refractivity contribution in [3.05, 3.63) is 57.9 Å². The van der Waals surface area contributed by atoms with E-state index in [1.807, 2.05) is 26.0 Å². The quantitative estimate of drug-likeness (QED) is 0.581. The predicted octanol–water partition coefficient (Wildman–Crippen LogP) is 3.85. The van der Waals surface area contributed by atoms with Gasteiger partial charge in [0.15, 0.2) is 5.78 Å². The van der Waals surface area contributed by atoms with E-state index in [0.717, 1.165) is 5.56 Å². The number of Topliss-reactive ketones (excluding diaryl/α,β-unsaturated/α-hetero) is 1. The molecule has 1 aromatic heterocycles. The van der Waals surface area contributed by atoms with Crippen molar-refractivity contribution in [1.82, 2.24) is 9.88 Å². The number of nitrogens with one attached hydrogen (secondary N) is 1. The number of aryl methyl sites for hydroxylation is 2. The van der Waals surface area contributed by atoms with Gasteiger partial charge in [-0.05, 0) is 59.2 Å². The predicted molar refractivity (Wildman–Crippen MR) is 108 cm³/mol. The normalized spacial score (nSPS) is 11.8. The molecule has 28 heavy (non-hydrogen) atoms. The van der Waals surface area contributed by atoms with E-state index in [4.69, 9.17) is 4.74 Å². The highest BCUT2D eigenvalue weighted by Gasteiger charge is 2.31. The monoisotopic (exact) mass is 384 g/mol. The van der Waals surface area contributed by atoms with Gasteiger partial charge < -0.3 is 14.6 Å². The van der Waals surface area contributed by atoms with Gasteiger partial charge in [0.25, 0.3) is 5.91 Å². The van der Waals surface area contributed by atoms with Gasteiger partial charge in [0.2, 0.25) is 0 Å². The van der Waals surface area contributed by atoms with Crippen LogP contribution < -0.4 is 0 Å². The van der Waals surface area contributed by atoms with E-state index < -0.39 is 12.0 Å². The van der Waals surface area contributed by atoms with Crippen molar-refractivity contribution in [1.29, 1.82) is 0 Å². The Balaban J connectivity index is 2.33. The largest absolute Gasteiger partial charge is 0.461 e. The van der Waals surface area contributed by atoms with Gasteiger partial charge in [-0.15, -0.1) is 0 Å². The summed E-state index contributed by atoms with van der Waals surface area (Å²) in [6.45, 7) is 11.4. The molecular weight excluding hydrogens is 356 g/mol. The second-order valence-electron chi connectivity index (χ2n) is 6.84. The Labute approximate surface area is 165 Å². The highest BCUT2D eigenvalue weighted by atomic mass is 16.5. The second-order valence-corrected chi connectivity index (χ2v) is 6.84. The molecule has 0 saturated carbocycles. The number of H-pyrrole nitrogens is 1. The van der Waals surface area contributed by atoms with Gasteiger partial charge in [-0.1, -0.05) is 17.7 Å². The summed E-state index contributed by atoms with van der Waals surface area (Å²) in [5.74, 6) is -0.887. The minimum absolute atomic E-state index is 0.195. The van der Waals surface area contributed by atoms with Gasteiger partial charge in [-0.2, -0.15) is 0 Å². The van der Waals surface area contributed by atoms with Gasteiger partial charge in [-0.3, -0.25) is 9.59 Å². The molecule has 1 atom stereocenters. The molecule has 0 unspecified atom stereocenters. The molecule has 0 radical (unpaired) electrons. The molecular formula is C22H28N2O4. The molecule has 2 rings (SSSR count). The first kappa shape index (κ1) is 21.4. The van der Waals surface area contributed by atoms with Crippen LogP contribution in [0.2, 0.25) is 0 Å². The molecule has 6 nitrogen and oxygen atoms in total. The Morgan fingerprint density at radius 1 is 1.07 bits per heavy atom. The molecule has 0 aliphatic carbocycles. The Morgan fingerprint density at radius 2 is 1.68 bits per heavy atom. The Morgan fingerprint density at radius 3 is 2.21 bits per heavy atom. The third-order valence-electron chi connectivity index (χ3n) is 4.91. The summed E-state index contributed by atoms with van der Waals surface area (Å²) in [7, 11) is 0. The summed E-state index contributed by atoms with van der Waals surface area (Å²) in [6.07, 6.45) is 0. The topological polar surface area (TPSA) is 79.5 Å². The average Bonchev–Trinajstić information content (AvgIpc) is 2.96. The number of hydrogen-bond donors (Lipinski definition) is 1. The summed E-state index contributed by atoms with van der Waals surface area (Å²) in [5.41, 5.74) is 3.46. The number of aromatic amines is 1. The van der Waals surface area contributed by atoms with Crippen LogP contribution in [0.25, 0.3) is 0 Å². The first-order chi connectivity index (χ1) is 13.2. The second kappa shape index (κ2) is 8.87. The van der Waals surface area contributed by atoms with E-state index in [1.165, 1.54) is 0 Å². The van der Waals surface area contributed by atoms with Crippen LogP contribution in [-0.4, -0.2) is 46.7 Å². The molecule has 1 heterocycles. The van der Waals surface area contributed by atoms with Crippen molar-refractivity contribution in [3.8, 4) is 0 Å². The molecule has 0 spiro atoms. The number of rotatable bonds is 7. The van der Waals surface area contributed by atoms with Crippen LogP contribution >= 0.6 is 0 Å². The van der Waals surface area contributed by atoms with Crippen LogP contribution in [0.1, 0.15) is 68.8 Å². The summed E-state index contributed by atoms with van der Waals surface area (Å²) in [4.78, 5) is 42.7. The van der Waals surface area contributed by atoms with Gasteiger partial charge in [0.05, 0.1) is 12.6 Å². The van der Waals surface area contributed by atoms with Crippen molar-refractivity contribution < 1.29 is 19.1 Å². The fraction of sp³-hybridized carbons (Fsp3) is 0.409. The Hall–Kier alpha value is -2.89. The molecule has 0 aliphatic rings. The number of ether oxygens (including phenoxy) is 1. The van der Waals surface area contributed by atoms with Crippen LogP contribution in [-0.2, 0) is 4.74 Å². The maximum Gasteiger partial charge on any atom is 0.355 e. The fourth-order valence-electron chi connectivity index (χ4n) is 3.33. The summed E-state index contributed by atoms with van der Waals surface area (Å²) in [6, 6.07) is 6.62. The highest BCUT2D eigenvalue weighted by Crippen LogP contribution is 2.23. The van der Waals surface area contributed by atoms with Crippen molar-refractivity contribution >= 4 is 17.7 Å². The first-order valence-corrected chi connectivity index (χ1v) is 9.50. The number of likely N-dealkylation sites (N-methyl/N-ethyl adjacent to an activating group) is 1. The lowest BCUT2D eigenvalue weighted by atomic mass is 9.99. The van der Waals surface area contributed by atoms with Crippen molar-refractivity contribution in [2.24, 2.45) is 0 Å². The number of amides is 1. The number of ketones is 1. The van der Waals surface area contributed by atoms with Crippen molar-refractivity contribution in [2.45, 2.75) is 47.6 Å². The molecule has 1 N–H and O–H groups in total. The van der Waals surface area contributed by atoms with Crippen molar-refractivity contribution in [3.63, 3.8) is 0 Å². The van der Waals surface area contributed by atoms with E-state index in [2.05, 4.69) is 4.98 Å². The van der Waals surface area contributed by atoms with Crippen LogP contribution in [0.4, 0.5) is 0 Å². The molecule has 6 heteroatoms. The number of esters is 1. The summed E-state index contributed by atoms with van der Waals surface area (Å²) < 4.78 is 5.05. The number of benzene rings is 1. The minimum Gasteiger partial charge on any atom is -0.461 e. The highest BCUT2D eigenvalue weighted by molar-refractivity contribution is 6.07. The van der Waals surface area contributed by atoms with Crippen LogP contribution in [0, 0.1) is 20.8 Å². The van der Waals surface area contributed by atoms with Gasteiger partial charge in [-0.25, -0.2) is 4.79 Å². The zero-order valence-corrected chi connectivity index (χ0v) is 17.4. The van der Waals surface area contributed by atoms with E-state index in [9.17, 15) is 14.4 Å². The van der Waals surface area contributed by atoms with Crippen LogP contribution in [0.3, 0.4) is 0 Å². The number of aromatic nitrogens is 1. The van der Waals surface area contributed by atoms with Gasteiger partial charge in [0, 0.05) is 23.4 Å². The molecule has 2 aromatic rings. The van der Waals surface area contributed by atoms with Crippen molar-refractivity contribution in [2.75, 3.05) is 13.2 Å². The van der Waals surface area contributed by atoms with E-state index in [-0.39, 0.29) is 24.0 Å². The van der Waals surface area contributed by atoms with Gasteiger partial charge in [0.1, 0.15) is 5.69 Å². The number of hydrogen-bond acceptors (Lipinski definition) is 4. The van der Waals surface area contributed by atoms with Crippen LogP contribution in [0.5, 0.6) is 0 Å². The van der Waals surface area contributed by atoms with Crippen LogP contribution in [0.15, 0.2) is 24.3 Å².